The maximum Gasteiger partial charge on any atom is 0.407 e. The molecule has 1 atom stereocenters. The molecule has 34 heavy (non-hydrogen) atoms. The molecular formula is C25H25N3O6. The van der Waals surface area contributed by atoms with E-state index in [4.69, 9.17) is 14.4 Å². The Balaban J connectivity index is 1.38. The van der Waals surface area contributed by atoms with E-state index in [1.807, 2.05) is 48.5 Å². The van der Waals surface area contributed by atoms with Crippen molar-refractivity contribution in [3.05, 3.63) is 77.2 Å². The summed E-state index contributed by atoms with van der Waals surface area (Å²) < 4.78 is 10.5. The summed E-state index contributed by atoms with van der Waals surface area (Å²) in [6.45, 7) is 1.91. The van der Waals surface area contributed by atoms with Crippen molar-refractivity contribution in [3.8, 4) is 11.1 Å². The number of aryl methyl sites for hydroxylation is 1. The summed E-state index contributed by atoms with van der Waals surface area (Å²) in [6.07, 6.45) is -1.16. The number of benzene rings is 2. The summed E-state index contributed by atoms with van der Waals surface area (Å²) >= 11 is 0. The number of carboxylic acid groups (broad SMARTS) is 1. The van der Waals surface area contributed by atoms with E-state index in [9.17, 15) is 14.4 Å². The summed E-state index contributed by atoms with van der Waals surface area (Å²) in [5, 5.41) is 17.9. The smallest absolute Gasteiger partial charge is 0.407 e. The van der Waals surface area contributed by atoms with Crippen LogP contribution in [0.2, 0.25) is 0 Å². The van der Waals surface area contributed by atoms with Crippen LogP contribution in [-0.2, 0) is 20.9 Å². The Morgan fingerprint density at radius 2 is 1.74 bits per heavy atom. The van der Waals surface area contributed by atoms with Crippen LogP contribution in [0.15, 0.2) is 59.1 Å². The largest absolute Gasteiger partial charge is 0.481 e. The van der Waals surface area contributed by atoms with Crippen LogP contribution in [-0.4, -0.2) is 40.9 Å². The number of carbonyl (C=O) groups excluding carboxylic acids is 2. The van der Waals surface area contributed by atoms with Gasteiger partial charge in [0.1, 0.15) is 12.6 Å². The van der Waals surface area contributed by atoms with E-state index in [1.54, 1.807) is 13.0 Å². The SMILES string of the molecule is Cc1cc(CNC(=O)C(CCC(=O)O)NC(=O)OCC2c3ccccc3-c3ccccc32)on1. The number of carbonyl (C=O) groups is 3. The highest BCUT2D eigenvalue weighted by Gasteiger charge is 2.30. The van der Waals surface area contributed by atoms with Gasteiger partial charge in [-0.25, -0.2) is 4.79 Å². The molecule has 1 heterocycles. The zero-order chi connectivity index (χ0) is 24.1. The van der Waals surface area contributed by atoms with Gasteiger partial charge in [-0.3, -0.25) is 9.59 Å². The molecule has 1 aromatic heterocycles. The van der Waals surface area contributed by atoms with Gasteiger partial charge >= 0.3 is 12.1 Å². The van der Waals surface area contributed by atoms with Crippen LogP contribution >= 0.6 is 0 Å². The van der Waals surface area contributed by atoms with Crippen molar-refractivity contribution < 1.29 is 28.8 Å². The Bertz CT molecular complexity index is 1160. The first-order valence-corrected chi connectivity index (χ1v) is 11.0. The predicted molar refractivity (Wildman–Crippen MR) is 122 cm³/mol. The number of hydrogen-bond acceptors (Lipinski definition) is 6. The number of carboxylic acids is 1. The molecule has 176 valence electrons. The molecule has 4 rings (SSSR count). The Labute approximate surface area is 196 Å². The Kier molecular flexibility index (Phi) is 6.91. The molecule has 1 unspecified atom stereocenters. The van der Waals surface area contributed by atoms with Crippen molar-refractivity contribution in [2.45, 2.75) is 38.3 Å². The summed E-state index contributed by atoms with van der Waals surface area (Å²) in [5.41, 5.74) is 5.02. The third-order valence-electron chi connectivity index (χ3n) is 5.71. The first-order chi connectivity index (χ1) is 16.4. The molecule has 0 spiro atoms. The van der Waals surface area contributed by atoms with Crippen molar-refractivity contribution >= 4 is 18.0 Å². The predicted octanol–water partition coefficient (Wildman–Crippen LogP) is 3.37. The van der Waals surface area contributed by atoms with Gasteiger partial charge in [0.2, 0.25) is 5.91 Å². The number of ether oxygens (including phenoxy) is 1. The number of alkyl carbamates (subject to hydrolysis) is 1. The van der Waals surface area contributed by atoms with Gasteiger partial charge in [-0.15, -0.1) is 0 Å². The molecule has 0 fully saturated rings. The van der Waals surface area contributed by atoms with E-state index < -0.39 is 24.0 Å². The first kappa shape index (κ1) is 23.0. The Hall–Kier alpha value is -4.14. The van der Waals surface area contributed by atoms with Crippen molar-refractivity contribution in [1.29, 1.82) is 0 Å². The maximum absolute atomic E-state index is 12.6. The lowest BCUT2D eigenvalue weighted by atomic mass is 9.98. The molecule has 0 saturated heterocycles. The molecule has 0 aliphatic heterocycles. The highest BCUT2D eigenvalue weighted by atomic mass is 16.5. The quantitative estimate of drug-likeness (QED) is 0.443. The van der Waals surface area contributed by atoms with E-state index in [-0.39, 0.29) is 31.9 Å². The molecule has 2 aromatic carbocycles. The summed E-state index contributed by atoms with van der Waals surface area (Å²) in [7, 11) is 0. The second kappa shape index (κ2) is 10.2. The van der Waals surface area contributed by atoms with E-state index in [0.29, 0.717) is 11.5 Å². The molecule has 3 N–H and O–H groups in total. The molecule has 0 radical (unpaired) electrons. The molecule has 9 heteroatoms. The van der Waals surface area contributed by atoms with Crippen LogP contribution < -0.4 is 10.6 Å². The van der Waals surface area contributed by atoms with Crippen LogP contribution in [0.3, 0.4) is 0 Å². The number of aromatic nitrogens is 1. The third-order valence-corrected chi connectivity index (χ3v) is 5.71. The van der Waals surface area contributed by atoms with Crippen molar-refractivity contribution in [1.82, 2.24) is 15.8 Å². The lowest BCUT2D eigenvalue weighted by Crippen LogP contribution is -2.47. The Morgan fingerprint density at radius 3 is 2.32 bits per heavy atom. The van der Waals surface area contributed by atoms with Gasteiger partial charge in [-0.05, 0) is 35.6 Å². The second-order valence-electron chi connectivity index (χ2n) is 8.11. The fourth-order valence-electron chi connectivity index (χ4n) is 4.12. The second-order valence-corrected chi connectivity index (χ2v) is 8.11. The summed E-state index contributed by atoms with van der Waals surface area (Å²) in [6, 6.07) is 16.5. The molecule has 0 saturated carbocycles. The van der Waals surface area contributed by atoms with Gasteiger partial charge in [0.25, 0.3) is 0 Å². The average Bonchev–Trinajstić information content (AvgIpc) is 3.39. The van der Waals surface area contributed by atoms with Crippen LogP contribution in [0.25, 0.3) is 11.1 Å². The molecule has 1 aliphatic rings. The molecule has 1 aliphatic carbocycles. The lowest BCUT2D eigenvalue weighted by Gasteiger charge is -2.19. The number of aliphatic carboxylic acids is 1. The van der Waals surface area contributed by atoms with Gasteiger partial charge < -0.3 is 25.0 Å². The monoisotopic (exact) mass is 463 g/mol. The number of fused-ring (bicyclic) bond motifs is 3. The van der Waals surface area contributed by atoms with Crippen molar-refractivity contribution in [2.75, 3.05) is 6.61 Å². The minimum Gasteiger partial charge on any atom is -0.481 e. The van der Waals surface area contributed by atoms with E-state index >= 15 is 0 Å². The highest BCUT2D eigenvalue weighted by Crippen LogP contribution is 2.44. The first-order valence-electron chi connectivity index (χ1n) is 11.0. The van der Waals surface area contributed by atoms with Crippen LogP contribution in [0, 0.1) is 6.92 Å². The lowest BCUT2D eigenvalue weighted by molar-refractivity contribution is -0.137. The topological polar surface area (TPSA) is 131 Å². The van der Waals surface area contributed by atoms with E-state index in [0.717, 1.165) is 22.3 Å². The Morgan fingerprint density at radius 1 is 1.09 bits per heavy atom. The fourth-order valence-corrected chi connectivity index (χ4v) is 4.12. The van der Waals surface area contributed by atoms with Crippen LogP contribution in [0.4, 0.5) is 4.79 Å². The number of rotatable bonds is 9. The van der Waals surface area contributed by atoms with Crippen molar-refractivity contribution in [2.24, 2.45) is 0 Å². The number of hydrogen-bond donors (Lipinski definition) is 3. The molecule has 0 bridgehead atoms. The van der Waals surface area contributed by atoms with Gasteiger partial charge in [-0.2, -0.15) is 0 Å². The molecule has 9 nitrogen and oxygen atoms in total. The maximum atomic E-state index is 12.6. The van der Waals surface area contributed by atoms with E-state index in [2.05, 4.69) is 15.8 Å². The zero-order valence-electron chi connectivity index (χ0n) is 18.6. The zero-order valence-corrected chi connectivity index (χ0v) is 18.6. The summed E-state index contributed by atoms with van der Waals surface area (Å²) in [5.74, 6) is -1.29. The van der Waals surface area contributed by atoms with E-state index in [1.165, 1.54) is 0 Å². The standard InChI is InChI=1S/C25H25N3O6/c1-15-12-16(34-28-15)13-26-24(31)22(10-11-23(29)30)27-25(32)33-14-21-19-8-4-2-6-17(19)18-7-3-5-9-20(18)21/h2-9,12,21-22H,10-11,13-14H2,1H3,(H,26,31)(H,27,32)(H,29,30). The minimum atomic E-state index is -1.07. The number of nitrogens with one attached hydrogen (secondary N) is 2. The third kappa shape index (κ3) is 5.25. The summed E-state index contributed by atoms with van der Waals surface area (Å²) in [4.78, 5) is 36.2. The normalized spacial score (nSPS) is 13.0. The van der Waals surface area contributed by atoms with Crippen LogP contribution in [0.1, 0.15) is 41.3 Å². The number of amides is 2. The van der Waals surface area contributed by atoms with Gasteiger partial charge in [0.05, 0.1) is 12.2 Å². The average molecular weight is 463 g/mol. The molecular weight excluding hydrogens is 438 g/mol. The van der Waals surface area contributed by atoms with Crippen LogP contribution in [0.5, 0.6) is 0 Å². The highest BCUT2D eigenvalue weighted by molar-refractivity contribution is 5.86. The van der Waals surface area contributed by atoms with Gasteiger partial charge in [0, 0.05) is 18.4 Å². The molecule has 2 amide bonds. The number of nitrogens with zero attached hydrogens (tertiary/aromatic N) is 1. The fraction of sp³-hybridized carbons (Fsp3) is 0.280. The van der Waals surface area contributed by atoms with Gasteiger partial charge in [-0.1, -0.05) is 53.7 Å². The van der Waals surface area contributed by atoms with Gasteiger partial charge in [0.15, 0.2) is 5.76 Å². The molecule has 3 aromatic rings. The minimum absolute atomic E-state index is 0.0651. The van der Waals surface area contributed by atoms with Crippen molar-refractivity contribution in [3.63, 3.8) is 0 Å².